The molecule has 0 radical (unpaired) electrons. The first kappa shape index (κ1) is 12.7. The summed E-state index contributed by atoms with van der Waals surface area (Å²) in [4.78, 5) is 11.7. The van der Waals surface area contributed by atoms with Crippen molar-refractivity contribution in [3.63, 3.8) is 0 Å². The topological polar surface area (TPSA) is 87.7 Å². The van der Waals surface area contributed by atoms with Crippen LogP contribution < -0.4 is 11.1 Å². The Morgan fingerprint density at radius 2 is 2.14 bits per heavy atom. The molecule has 0 aliphatic heterocycles. The molecule has 82 valence electrons. The lowest BCUT2D eigenvalue weighted by Gasteiger charge is -2.25. The van der Waals surface area contributed by atoms with Crippen molar-refractivity contribution in [2.45, 2.75) is 33.6 Å². The maximum Gasteiger partial charge on any atom is 0.233 e. The Bertz CT molecular complexity index is 228. The number of nitrogens with one attached hydrogen (secondary N) is 1. The number of amidine groups is 1. The van der Waals surface area contributed by atoms with Crippen LogP contribution in [0.5, 0.6) is 0 Å². The van der Waals surface area contributed by atoms with Crippen LogP contribution in [0.25, 0.3) is 0 Å². The van der Waals surface area contributed by atoms with Gasteiger partial charge in [-0.2, -0.15) is 0 Å². The predicted octanol–water partition coefficient (Wildman–Crippen LogP) is 0.675. The van der Waals surface area contributed by atoms with Crippen molar-refractivity contribution in [2.24, 2.45) is 16.3 Å². The van der Waals surface area contributed by atoms with Gasteiger partial charge in [-0.3, -0.25) is 4.79 Å². The third kappa shape index (κ3) is 2.61. The lowest BCUT2D eigenvalue weighted by atomic mass is 9.85. The van der Waals surface area contributed by atoms with Crippen LogP contribution in [0.2, 0.25) is 0 Å². The third-order valence-electron chi connectivity index (χ3n) is 2.42. The molecule has 0 aliphatic carbocycles. The molecule has 1 unspecified atom stereocenters. The quantitative estimate of drug-likeness (QED) is 0.264. The molecule has 5 nitrogen and oxygen atoms in total. The SMILES string of the molecule is CCCNC(=O)C(C)(CC)C(N)=NO. The highest BCUT2D eigenvalue weighted by Crippen LogP contribution is 2.21. The Hall–Kier alpha value is -1.26. The second kappa shape index (κ2) is 5.47. The number of carbonyl (C=O) groups excluding carboxylic acids is 1. The molecule has 1 amide bonds. The minimum atomic E-state index is -0.913. The third-order valence-corrected chi connectivity index (χ3v) is 2.42. The van der Waals surface area contributed by atoms with Gasteiger partial charge in [0.1, 0.15) is 5.41 Å². The van der Waals surface area contributed by atoms with E-state index in [1.165, 1.54) is 0 Å². The van der Waals surface area contributed by atoms with E-state index in [0.29, 0.717) is 13.0 Å². The van der Waals surface area contributed by atoms with Crippen LogP contribution >= 0.6 is 0 Å². The summed E-state index contributed by atoms with van der Waals surface area (Å²) >= 11 is 0. The molecule has 0 aromatic carbocycles. The molecule has 0 aliphatic rings. The minimum Gasteiger partial charge on any atom is -0.409 e. The largest absolute Gasteiger partial charge is 0.409 e. The molecule has 0 aromatic heterocycles. The van der Waals surface area contributed by atoms with Gasteiger partial charge in [-0.05, 0) is 19.8 Å². The summed E-state index contributed by atoms with van der Waals surface area (Å²) in [5.41, 5.74) is 4.56. The van der Waals surface area contributed by atoms with E-state index in [1.807, 2.05) is 13.8 Å². The van der Waals surface area contributed by atoms with Gasteiger partial charge >= 0.3 is 0 Å². The molecule has 0 rings (SSSR count). The monoisotopic (exact) mass is 201 g/mol. The summed E-state index contributed by atoms with van der Waals surface area (Å²) in [7, 11) is 0. The highest BCUT2D eigenvalue weighted by molar-refractivity contribution is 6.06. The molecular weight excluding hydrogens is 182 g/mol. The number of nitrogens with zero attached hydrogens (tertiary/aromatic N) is 1. The van der Waals surface area contributed by atoms with Gasteiger partial charge < -0.3 is 16.3 Å². The Kier molecular flexibility index (Phi) is 4.97. The fourth-order valence-electron chi connectivity index (χ4n) is 1.00. The second-order valence-corrected chi connectivity index (χ2v) is 3.43. The summed E-state index contributed by atoms with van der Waals surface area (Å²) in [6, 6.07) is 0. The van der Waals surface area contributed by atoms with Crippen LogP contribution in [0.15, 0.2) is 5.16 Å². The Morgan fingerprint density at radius 1 is 1.57 bits per heavy atom. The number of nitrogens with two attached hydrogens (primary N) is 1. The number of carbonyl (C=O) groups is 1. The molecular formula is C9H19N3O2. The van der Waals surface area contributed by atoms with Crippen LogP contribution in [0.3, 0.4) is 0 Å². The van der Waals surface area contributed by atoms with Gasteiger partial charge in [-0.15, -0.1) is 0 Å². The fraction of sp³-hybridized carbons (Fsp3) is 0.778. The zero-order valence-electron chi connectivity index (χ0n) is 9.00. The summed E-state index contributed by atoms with van der Waals surface area (Å²) in [6.45, 7) is 6.05. The molecule has 0 spiro atoms. The van der Waals surface area contributed by atoms with E-state index >= 15 is 0 Å². The molecule has 1 atom stereocenters. The molecule has 0 bridgehead atoms. The van der Waals surface area contributed by atoms with Gasteiger partial charge in [0.2, 0.25) is 5.91 Å². The summed E-state index contributed by atoms with van der Waals surface area (Å²) < 4.78 is 0. The van der Waals surface area contributed by atoms with Crippen molar-refractivity contribution in [1.29, 1.82) is 0 Å². The van der Waals surface area contributed by atoms with Gasteiger partial charge in [-0.25, -0.2) is 0 Å². The Labute approximate surface area is 84.4 Å². The molecule has 14 heavy (non-hydrogen) atoms. The second-order valence-electron chi connectivity index (χ2n) is 3.43. The van der Waals surface area contributed by atoms with Crippen LogP contribution in [-0.2, 0) is 4.79 Å². The molecule has 4 N–H and O–H groups in total. The van der Waals surface area contributed by atoms with E-state index in [-0.39, 0.29) is 11.7 Å². The van der Waals surface area contributed by atoms with Gasteiger partial charge in [-0.1, -0.05) is 19.0 Å². The van der Waals surface area contributed by atoms with Gasteiger partial charge in [0.25, 0.3) is 0 Å². The van der Waals surface area contributed by atoms with Crippen LogP contribution in [0, 0.1) is 5.41 Å². The van der Waals surface area contributed by atoms with E-state index in [4.69, 9.17) is 10.9 Å². The number of hydrogen-bond acceptors (Lipinski definition) is 3. The fourth-order valence-corrected chi connectivity index (χ4v) is 1.00. The average molecular weight is 201 g/mol. The maximum atomic E-state index is 11.7. The first-order valence-corrected chi connectivity index (χ1v) is 4.79. The first-order chi connectivity index (χ1) is 6.52. The molecule has 0 fully saturated rings. The van der Waals surface area contributed by atoms with Gasteiger partial charge in [0, 0.05) is 6.54 Å². The van der Waals surface area contributed by atoms with Crippen molar-refractivity contribution in [1.82, 2.24) is 5.32 Å². The normalized spacial score (nSPS) is 16.1. The van der Waals surface area contributed by atoms with Crippen LogP contribution in [-0.4, -0.2) is 23.5 Å². The summed E-state index contributed by atoms with van der Waals surface area (Å²) in [6.07, 6.45) is 1.36. The standard InChI is InChI=1S/C9H19N3O2/c1-4-6-11-8(13)9(3,5-2)7(10)12-14/h14H,4-6H2,1-3H3,(H2,10,12)(H,11,13). The zero-order chi connectivity index (χ0) is 11.2. The molecule has 0 saturated carbocycles. The number of oxime groups is 1. The van der Waals surface area contributed by atoms with E-state index in [2.05, 4.69) is 10.5 Å². The van der Waals surface area contributed by atoms with E-state index in [0.717, 1.165) is 6.42 Å². The van der Waals surface area contributed by atoms with Crippen molar-refractivity contribution >= 4 is 11.7 Å². The van der Waals surface area contributed by atoms with Crippen molar-refractivity contribution < 1.29 is 10.0 Å². The van der Waals surface area contributed by atoms with Crippen LogP contribution in [0.4, 0.5) is 0 Å². The highest BCUT2D eigenvalue weighted by Gasteiger charge is 2.35. The zero-order valence-corrected chi connectivity index (χ0v) is 9.00. The number of amides is 1. The van der Waals surface area contributed by atoms with Crippen molar-refractivity contribution in [2.75, 3.05) is 6.54 Å². The molecule has 0 aromatic rings. The first-order valence-electron chi connectivity index (χ1n) is 4.79. The minimum absolute atomic E-state index is 0.0476. The van der Waals surface area contributed by atoms with Gasteiger partial charge in [0.15, 0.2) is 5.84 Å². The average Bonchev–Trinajstić information content (AvgIpc) is 2.23. The number of rotatable bonds is 5. The summed E-state index contributed by atoms with van der Waals surface area (Å²) in [5.74, 6) is -0.245. The van der Waals surface area contributed by atoms with Crippen LogP contribution in [0.1, 0.15) is 33.6 Å². The molecule has 5 heteroatoms. The molecule has 0 heterocycles. The smallest absolute Gasteiger partial charge is 0.233 e. The van der Waals surface area contributed by atoms with Crippen molar-refractivity contribution in [3.8, 4) is 0 Å². The Balaban J connectivity index is 4.60. The lowest BCUT2D eigenvalue weighted by Crippen LogP contribution is -2.47. The molecule has 0 saturated heterocycles. The Morgan fingerprint density at radius 3 is 2.50 bits per heavy atom. The summed E-state index contributed by atoms with van der Waals surface area (Å²) in [5, 5.41) is 14.2. The van der Waals surface area contributed by atoms with Crippen molar-refractivity contribution in [3.05, 3.63) is 0 Å². The number of hydrogen-bond donors (Lipinski definition) is 3. The predicted molar refractivity (Wildman–Crippen MR) is 55.1 cm³/mol. The highest BCUT2D eigenvalue weighted by atomic mass is 16.4. The van der Waals surface area contributed by atoms with E-state index in [9.17, 15) is 4.79 Å². The van der Waals surface area contributed by atoms with Gasteiger partial charge in [0.05, 0.1) is 0 Å². The maximum absolute atomic E-state index is 11.7. The van der Waals surface area contributed by atoms with E-state index in [1.54, 1.807) is 6.92 Å². The van der Waals surface area contributed by atoms with E-state index < -0.39 is 5.41 Å². The lowest BCUT2D eigenvalue weighted by molar-refractivity contribution is -0.127.